The molecule has 0 amide bonds. The third-order valence-electron chi connectivity index (χ3n) is 4.92. The van der Waals surface area contributed by atoms with Crippen LogP contribution in [0.4, 0.5) is 9.52 Å². The van der Waals surface area contributed by atoms with Crippen LogP contribution in [0.5, 0.6) is 0 Å². The van der Waals surface area contributed by atoms with Gasteiger partial charge in [0.2, 0.25) is 10.0 Å². The Hall–Kier alpha value is -2.30. The van der Waals surface area contributed by atoms with Crippen molar-refractivity contribution >= 4 is 26.5 Å². The largest absolute Gasteiger partial charge is 0.360 e. The molecule has 2 aromatic heterocycles. The average molecular weight is 437 g/mol. The molecule has 1 saturated heterocycles. The summed E-state index contributed by atoms with van der Waals surface area (Å²) in [6.45, 7) is 5.30. The predicted molar refractivity (Wildman–Crippen MR) is 109 cm³/mol. The normalized spacial score (nSPS) is 16.2. The van der Waals surface area contributed by atoms with Crippen LogP contribution in [0.1, 0.15) is 17.9 Å². The van der Waals surface area contributed by atoms with E-state index in [1.165, 1.54) is 27.8 Å². The highest BCUT2D eigenvalue weighted by molar-refractivity contribution is 7.89. The molecule has 7 nitrogen and oxygen atoms in total. The fourth-order valence-corrected chi connectivity index (χ4v) is 6.11. The van der Waals surface area contributed by atoms with Crippen molar-refractivity contribution in [1.29, 1.82) is 0 Å². The molecule has 0 unspecified atom stereocenters. The Balaban J connectivity index is 1.50. The van der Waals surface area contributed by atoms with Gasteiger partial charge in [0.1, 0.15) is 16.4 Å². The van der Waals surface area contributed by atoms with Crippen molar-refractivity contribution in [2.24, 2.45) is 0 Å². The van der Waals surface area contributed by atoms with Gasteiger partial charge >= 0.3 is 0 Å². The number of halogens is 1. The Morgan fingerprint density at radius 3 is 2.55 bits per heavy atom. The van der Waals surface area contributed by atoms with E-state index in [2.05, 4.69) is 15.0 Å². The highest BCUT2D eigenvalue weighted by atomic mass is 32.2. The molecule has 3 aromatic rings. The van der Waals surface area contributed by atoms with Crippen LogP contribution in [0.2, 0.25) is 0 Å². The third-order valence-corrected chi connectivity index (χ3v) is 7.97. The van der Waals surface area contributed by atoms with Crippen molar-refractivity contribution in [3.8, 4) is 11.3 Å². The fraction of sp³-hybridized carbons (Fsp3) is 0.368. The van der Waals surface area contributed by atoms with E-state index in [0.29, 0.717) is 44.1 Å². The molecule has 0 N–H and O–H groups in total. The van der Waals surface area contributed by atoms with Gasteiger partial charge in [-0.2, -0.15) is 4.31 Å². The lowest BCUT2D eigenvalue weighted by atomic mass is 10.2. The maximum Gasteiger partial charge on any atom is 0.248 e. The van der Waals surface area contributed by atoms with Crippen LogP contribution in [0.15, 0.2) is 39.1 Å². The lowest BCUT2D eigenvalue weighted by molar-refractivity contribution is 0.389. The highest BCUT2D eigenvalue weighted by Gasteiger charge is 2.32. The number of hydrogen-bond acceptors (Lipinski definition) is 7. The van der Waals surface area contributed by atoms with Crippen LogP contribution in [0.25, 0.3) is 11.3 Å². The van der Waals surface area contributed by atoms with Gasteiger partial charge < -0.3 is 9.42 Å². The molecule has 1 aliphatic heterocycles. The second-order valence-corrected chi connectivity index (χ2v) is 9.63. The average Bonchev–Trinajstić information content (AvgIpc) is 3.21. The molecule has 0 radical (unpaired) electrons. The van der Waals surface area contributed by atoms with Crippen LogP contribution in [0, 0.1) is 19.7 Å². The molecular weight excluding hydrogens is 415 g/mol. The summed E-state index contributed by atoms with van der Waals surface area (Å²) in [6, 6.07) is 6.23. The van der Waals surface area contributed by atoms with E-state index in [1.54, 1.807) is 26.0 Å². The van der Waals surface area contributed by atoms with Gasteiger partial charge in [-0.05, 0) is 44.5 Å². The van der Waals surface area contributed by atoms with E-state index >= 15 is 0 Å². The van der Waals surface area contributed by atoms with Gasteiger partial charge in [-0.15, -0.1) is 11.3 Å². The SMILES string of the molecule is Cc1noc(C)c1S(=O)(=O)N1CCCN(c2nc(-c3ccc(F)cc3)cs2)CC1. The summed E-state index contributed by atoms with van der Waals surface area (Å²) in [5.74, 6) is 0.0313. The maximum absolute atomic E-state index is 13.1. The zero-order valence-electron chi connectivity index (χ0n) is 16.1. The van der Waals surface area contributed by atoms with E-state index < -0.39 is 10.0 Å². The first-order valence-electron chi connectivity index (χ1n) is 9.25. The van der Waals surface area contributed by atoms with Crippen molar-refractivity contribution in [3.05, 3.63) is 46.9 Å². The number of thiazole rings is 1. The molecule has 0 saturated carbocycles. The topological polar surface area (TPSA) is 79.5 Å². The Kier molecular flexibility index (Phi) is 5.41. The van der Waals surface area contributed by atoms with E-state index in [-0.39, 0.29) is 10.7 Å². The molecule has 0 bridgehead atoms. The molecule has 0 spiro atoms. The molecule has 29 heavy (non-hydrogen) atoms. The first kappa shape index (κ1) is 20.0. The minimum atomic E-state index is -3.65. The van der Waals surface area contributed by atoms with Crippen LogP contribution in [-0.2, 0) is 10.0 Å². The van der Waals surface area contributed by atoms with Gasteiger partial charge in [0, 0.05) is 37.1 Å². The van der Waals surface area contributed by atoms with Crippen LogP contribution >= 0.6 is 11.3 Å². The summed E-state index contributed by atoms with van der Waals surface area (Å²) in [6.07, 6.45) is 0.689. The van der Waals surface area contributed by atoms with E-state index in [1.807, 2.05) is 5.38 Å². The van der Waals surface area contributed by atoms with Crippen LogP contribution in [0.3, 0.4) is 0 Å². The molecule has 3 heterocycles. The van der Waals surface area contributed by atoms with Crippen LogP contribution < -0.4 is 4.90 Å². The van der Waals surface area contributed by atoms with Gasteiger partial charge in [0.25, 0.3) is 0 Å². The molecule has 154 valence electrons. The van der Waals surface area contributed by atoms with Crippen LogP contribution in [-0.4, -0.2) is 49.0 Å². The Morgan fingerprint density at radius 1 is 1.10 bits per heavy atom. The number of rotatable bonds is 4. The standard InChI is InChI=1S/C19H21FN4O3S2/c1-13-18(14(2)27-22-13)29(25,26)24-9-3-8-23(10-11-24)19-21-17(12-28-19)15-4-6-16(20)7-5-15/h4-7,12H,3,8-11H2,1-2H3. The lowest BCUT2D eigenvalue weighted by Gasteiger charge is -2.21. The predicted octanol–water partition coefficient (Wildman–Crippen LogP) is 3.46. The monoisotopic (exact) mass is 436 g/mol. The highest BCUT2D eigenvalue weighted by Crippen LogP contribution is 2.29. The van der Waals surface area contributed by atoms with Gasteiger partial charge in [-0.3, -0.25) is 0 Å². The number of aromatic nitrogens is 2. The Morgan fingerprint density at radius 2 is 1.86 bits per heavy atom. The van der Waals surface area contributed by atoms with Gasteiger partial charge in [0.15, 0.2) is 10.9 Å². The molecule has 1 fully saturated rings. The molecule has 10 heteroatoms. The summed E-state index contributed by atoms with van der Waals surface area (Å²) in [4.78, 5) is 6.93. The minimum absolute atomic E-state index is 0.166. The van der Waals surface area contributed by atoms with Crippen molar-refractivity contribution in [2.75, 3.05) is 31.1 Å². The van der Waals surface area contributed by atoms with E-state index in [9.17, 15) is 12.8 Å². The second kappa shape index (κ2) is 7.85. The molecule has 4 rings (SSSR count). The fourth-order valence-electron chi connectivity index (χ4n) is 3.46. The number of sulfonamides is 1. The molecule has 0 atom stereocenters. The molecule has 1 aliphatic rings. The lowest BCUT2D eigenvalue weighted by Crippen LogP contribution is -2.35. The zero-order chi connectivity index (χ0) is 20.6. The first-order valence-corrected chi connectivity index (χ1v) is 11.6. The Bertz CT molecular complexity index is 1090. The Labute approximate surface area is 172 Å². The summed E-state index contributed by atoms with van der Waals surface area (Å²) >= 11 is 1.50. The molecule has 1 aromatic carbocycles. The summed E-state index contributed by atoms with van der Waals surface area (Å²) in [5.41, 5.74) is 2.02. The minimum Gasteiger partial charge on any atom is -0.360 e. The number of benzene rings is 1. The maximum atomic E-state index is 13.1. The number of hydrogen-bond donors (Lipinski definition) is 0. The first-order chi connectivity index (χ1) is 13.9. The van der Waals surface area contributed by atoms with Crippen molar-refractivity contribution in [1.82, 2.24) is 14.4 Å². The number of aryl methyl sites for hydroxylation is 2. The van der Waals surface area contributed by atoms with Gasteiger partial charge in [-0.25, -0.2) is 17.8 Å². The molecular formula is C19H21FN4O3S2. The van der Waals surface area contributed by atoms with Crippen molar-refractivity contribution < 1.29 is 17.3 Å². The summed E-state index contributed by atoms with van der Waals surface area (Å²) in [5, 5.41) is 6.55. The van der Waals surface area contributed by atoms with Gasteiger partial charge in [-0.1, -0.05) is 5.16 Å². The molecule has 0 aliphatic carbocycles. The van der Waals surface area contributed by atoms with Crippen molar-refractivity contribution in [3.63, 3.8) is 0 Å². The summed E-state index contributed by atoms with van der Waals surface area (Å²) in [7, 11) is -3.65. The van der Waals surface area contributed by atoms with E-state index in [4.69, 9.17) is 4.52 Å². The number of nitrogens with zero attached hydrogens (tertiary/aromatic N) is 4. The van der Waals surface area contributed by atoms with E-state index in [0.717, 1.165) is 16.4 Å². The second-order valence-electron chi connectivity index (χ2n) is 6.92. The van der Waals surface area contributed by atoms with Gasteiger partial charge in [0.05, 0.1) is 5.69 Å². The quantitative estimate of drug-likeness (QED) is 0.623. The summed E-state index contributed by atoms with van der Waals surface area (Å²) < 4.78 is 45.8. The zero-order valence-corrected chi connectivity index (χ0v) is 17.8. The number of anilines is 1. The third kappa shape index (κ3) is 3.92. The van der Waals surface area contributed by atoms with Crippen molar-refractivity contribution in [2.45, 2.75) is 25.2 Å². The smallest absolute Gasteiger partial charge is 0.248 e.